The van der Waals surface area contributed by atoms with Gasteiger partial charge in [-0.2, -0.15) is 0 Å². The van der Waals surface area contributed by atoms with Crippen molar-refractivity contribution >= 4 is 0 Å². The Bertz CT molecular complexity index is 156. The van der Waals surface area contributed by atoms with Crippen LogP contribution >= 0.6 is 0 Å². The number of hydrogen-bond acceptors (Lipinski definition) is 3. The Labute approximate surface area is 115 Å². The quantitative estimate of drug-likeness (QED) is 0.493. The fraction of sp³-hybridized carbons (Fsp3) is 0.250. The van der Waals surface area contributed by atoms with Crippen LogP contribution in [0.5, 0.6) is 0 Å². The van der Waals surface area contributed by atoms with Crippen molar-refractivity contribution in [1.82, 2.24) is 0 Å². The molecule has 0 aliphatic rings. The second kappa shape index (κ2) is 14.3. The Balaban J connectivity index is -0.000000189. The number of aliphatic hydroxyl groups is 2. The molecule has 0 bridgehead atoms. The molecular formula is C8H13KO3. The van der Waals surface area contributed by atoms with E-state index in [1.165, 1.54) is 0 Å². The molecule has 0 amide bonds. The molecule has 12 heavy (non-hydrogen) atoms. The molecule has 3 nitrogen and oxygen atoms in total. The summed E-state index contributed by atoms with van der Waals surface area (Å²) in [4.78, 5) is 0. The first kappa shape index (κ1) is 18.5. The van der Waals surface area contributed by atoms with E-state index in [-0.39, 0.29) is 63.5 Å². The summed E-state index contributed by atoms with van der Waals surface area (Å²) < 4.78 is 0. The molecule has 1 aromatic rings. The summed E-state index contributed by atoms with van der Waals surface area (Å²) in [6, 6.07) is 9.52. The van der Waals surface area contributed by atoms with E-state index in [9.17, 15) is 0 Å². The summed E-state index contributed by atoms with van der Waals surface area (Å²) >= 11 is 0. The van der Waals surface area contributed by atoms with E-state index in [1.807, 2.05) is 30.3 Å². The molecule has 0 aromatic heterocycles. The number of benzene rings is 1. The molecule has 0 atom stereocenters. The number of hydrogen-bond donors (Lipinski definition) is 2. The van der Waals surface area contributed by atoms with Crippen LogP contribution in [0.25, 0.3) is 0 Å². The molecule has 0 saturated heterocycles. The van der Waals surface area contributed by atoms with Crippen molar-refractivity contribution in [3.05, 3.63) is 35.9 Å². The molecular weight excluding hydrogens is 183 g/mol. The molecule has 64 valence electrons. The average Bonchev–Trinajstić information content (AvgIpc) is 2.10. The van der Waals surface area contributed by atoms with Gasteiger partial charge in [-0.3, -0.25) is 0 Å². The minimum Gasteiger partial charge on any atom is -0.870 e. The van der Waals surface area contributed by atoms with Crippen LogP contribution in [0.15, 0.2) is 30.3 Å². The minimum absolute atomic E-state index is 0. The van der Waals surface area contributed by atoms with Crippen molar-refractivity contribution in [2.24, 2.45) is 0 Å². The van der Waals surface area contributed by atoms with Gasteiger partial charge < -0.3 is 15.7 Å². The first-order valence-electron chi connectivity index (χ1n) is 3.03. The second-order valence-electron chi connectivity index (χ2n) is 1.64. The first-order valence-corrected chi connectivity index (χ1v) is 3.03. The third kappa shape index (κ3) is 8.83. The monoisotopic (exact) mass is 196 g/mol. The third-order valence-electron chi connectivity index (χ3n) is 1.03. The van der Waals surface area contributed by atoms with Crippen molar-refractivity contribution in [3.8, 4) is 0 Å². The second-order valence-corrected chi connectivity index (χ2v) is 1.64. The van der Waals surface area contributed by atoms with Crippen molar-refractivity contribution in [2.75, 3.05) is 7.11 Å². The van der Waals surface area contributed by atoms with Crippen LogP contribution in [-0.2, 0) is 6.61 Å². The van der Waals surface area contributed by atoms with Gasteiger partial charge in [0.1, 0.15) is 0 Å². The maximum Gasteiger partial charge on any atom is 1.00 e. The van der Waals surface area contributed by atoms with Crippen LogP contribution in [0.4, 0.5) is 0 Å². The summed E-state index contributed by atoms with van der Waals surface area (Å²) in [5.74, 6) is 0. The molecule has 0 heterocycles. The molecule has 0 aliphatic heterocycles. The largest absolute Gasteiger partial charge is 1.00 e. The van der Waals surface area contributed by atoms with E-state index in [0.29, 0.717) is 0 Å². The Hall–Kier alpha value is 0.736. The van der Waals surface area contributed by atoms with E-state index >= 15 is 0 Å². The van der Waals surface area contributed by atoms with Crippen LogP contribution in [0.3, 0.4) is 0 Å². The van der Waals surface area contributed by atoms with Gasteiger partial charge in [0.25, 0.3) is 0 Å². The summed E-state index contributed by atoms with van der Waals surface area (Å²) in [6.07, 6.45) is 0. The molecule has 4 heteroatoms. The van der Waals surface area contributed by atoms with Crippen molar-refractivity contribution in [1.29, 1.82) is 0 Å². The van der Waals surface area contributed by atoms with Crippen LogP contribution in [0.2, 0.25) is 0 Å². The third-order valence-corrected chi connectivity index (χ3v) is 1.03. The molecule has 3 N–H and O–H groups in total. The van der Waals surface area contributed by atoms with E-state index in [4.69, 9.17) is 10.2 Å². The van der Waals surface area contributed by atoms with Crippen molar-refractivity contribution in [2.45, 2.75) is 6.61 Å². The van der Waals surface area contributed by atoms with Gasteiger partial charge in [-0.25, -0.2) is 0 Å². The molecule has 0 unspecified atom stereocenters. The summed E-state index contributed by atoms with van der Waals surface area (Å²) in [5.41, 5.74) is 0.965. The van der Waals surface area contributed by atoms with E-state index in [2.05, 4.69) is 0 Å². The topological polar surface area (TPSA) is 70.5 Å². The van der Waals surface area contributed by atoms with E-state index < -0.39 is 0 Å². The van der Waals surface area contributed by atoms with Crippen LogP contribution in [0, 0.1) is 0 Å². The zero-order valence-electron chi connectivity index (χ0n) is 7.44. The maximum absolute atomic E-state index is 8.54. The van der Waals surface area contributed by atoms with Crippen molar-refractivity contribution in [3.63, 3.8) is 0 Å². The van der Waals surface area contributed by atoms with Crippen LogP contribution in [-0.4, -0.2) is 22.8 Å². The van der Waals surface area contributed by atoms with E-state index in [1.54, 1.807) is 0 Å². The summed E-state index contributed by atoms with van der Waals surface area (Å²) in [7, 11) is 1.00. The fourth-order valence-electron chi connectivity index (χ4n) is 0.583. The molecule has 1 aromatic carbocycles. The summed E-state index contributed by atoms with van der Waals surface area (Å²) in [5, 5.41) is 15.5. The fourth-order valence-corrected chi connectivity index (χ4v) is 0.583. The molecule has 0 radical (unpaired) electrons. The Morgan fingerprint density at radius 1 is 1.08 bits per heavy atom. The standard InChI is InChI=1S/C7H8O.CH4O.K.H2O/c8-6-7-4-2-1-3-5-7;1-2;;/h1-5,8H,6H2;2H,1H3;;1H2/q;;+1;/p-1. The first-order chi connectivity index (χ1) is 4.93. The minimum atomic E-state index is 0. The Kier molecular flexibility index (Phi) is 22.0. The van der Waals surface area contributed by atoms with Gasteiger partial charge >= 0.3 is 51.4 Å². The molecule has 0 aliphatic carbocycles. The Morgan fingerprint density at radius 3 is 1.75 bits per heavy atom. The van der Waals surface area contributed by atoms with Gasteiger partial charge in [0, 0.05) is 7.11 Å². The predicted octanol–water partition coefficient (Wildman–Crippen LogP) is -2.39. The van der Waals surface area contributed by atoms with Crippen LogP contribution < -0.4 is 51.4 Å². The summed E-state index contributed by atoms with van der Waals surface area (Å²) in [6.45, 7) is 0.140. The normalized spacial score (nSPS) is 6.58. The predicted molar refractivity (Wildman–Crippen MR) is 42.4 cm³/mol. The van der Waals surface area contributed by atoms with Gasteiger partial charge in [0.2, 0.25) is 0 Å². The van der Waals surface area contributed by atoms with Gasteiger partial charge in [0.15, 0.2) is 0 Å². The molecule has 0 spiro atoms. The smallest absolute Gasteiger partial charge is 0.870 e. The average molecular weight is 196 g/mol. The van der Waals surface area contributed by atoms with Gasteiger partial charge in [-0.15, -0.1) is 0 Å². The molecule has 0 saturated carbocycles. The zero-order valence-corrected chi connectivity index (χ0v) is 10.6. The van der Waals surface area contributed by atoms with Crippen molar-refractivity contribution < 1.29 is 67.1 Å². The van der Waals surface area contributed by atoms with Gasteiger partial charge in [-0.05, 0) is 5.56 Å². The number of rotatable bonds is 1. The maximum atomic E-state index is 8.54. The number of aliphatic hydroxyl groups excluding tert-OH is 2. The van der Waals surface area contributed by atoms with Gasteiger partial charge in [-0.1, -0.05) is 30.3 Å². The zero-order chi connectivity index (χ0) is 7.82. The van der Waals surface area contributed by atoms with Crippen LogP contribution in [0.1, 0.15) is 5.56 Å². The Morgan fingerprint density at radius 2 is 1.50 bits per heavy atom. The van der Waals surface area contributed by atoms with E-state index in [0.717, 1.165) is 12.7 Å². The molecule has 1 rings (SSSR count). The van der Waals surface area contributed by atoms with Gasteiger partial charge in [0.05, 0.1) is 6.61 Å². The SMILES string of the molecule is CO.OCc1ccccc1.[K+].[OH-]. The molecule has 0 fully saturated rings.